The zero-order valence-corrected chi connectivity index (χ0v) is 13.1. The third kappa shape index (κ3) is 3.04. The molecule has 3 rings (SSSR count). The van der Waals surface area contributed by atoms with Crippen LogP contribution in [-0.2, 0) is 12.8 Å². The van der Waals surface area contributed by atoms with Crippen molar-refractivity contribution in [3.05, 3.63) is 45.7 Å². The van der Waals surface area contributed by atoms with Gasteiger partial charge in [-0.3, -0.25) is 4.79 Å². The SMILES string of the molecule is CN(C)CCc1ccc(-c2n[nH]c(=O)c3c2NCCC3)cc1. The van der Waals surface area contributed by atoms with Crippen LogP contribution in [0.1, 0.15) is 17.5 Å². The molecule has 0 unspecified atom stereocenters. The maximum Gasteiger partial charge on any atom is 0.269 e. The summed E-state index contributed by atoms with van der Waals surface area (Å²) in [6.07, 6.45) is 2.83. The lowest BCUT2D eigenvalue weighted by Crippen LogP contribution is -2.24. The first-order valence-electron chi connectivity index (χ1n) is 7.74. The molecular weight excluding hydrogens is 276 g/mol. The second-order valence-corrected chi connectivity index (χ2v) is 6.04. The molecule has 0 bridgehead atoms. The van der Waals surface area contributed by atoms with Gasteiger partial charge in [-0.05, 0) is 38.9 Å². The van der Waals surface area contributed by atoms with Crippen LogP contribution < -0.4 is 10.9 Å². The molecule has 22 heavy (non-hydrogen) atoms. The summed E-state index contributed by atoms with van der Waals surface area (Å²) in [6, 6.07) is 8.45. The molecule has 1 aliphatic heterocycles. The molecule has 116 valence electrons. The number of rotatable bonds is 4. The summed E-state index contributed by atoms with van der Waals surface area (Å²) >= 11 is 0. The van der Waals surface area contributed by atoms with Gasteiger partial charge in [0.2, 0.25) is 0 Å². The van der Waals surface area contributed by atoms with Crippen LogP contribution in [0.3, 0.4) is 0 Å². The van der Waals surface area contributed by atoms with Crippen molar-refractivity contribution in [3.8, 4) is 11.3 Å². The van der Waals surface area contributed by atoms with E-state index in [4.69, 9.17) is 0 Å². The molecule has 2 N–H and O–H groups in total. The molecule has 2 aromatic rings. The van der Waals surface area contributed by atoms with E-state index in [1.54, 1.807) is 0 Å². The van der Waals surface area contributed by atoms with Crippen LogP contribution in [-0.4, -0.2) is 42.3 Å². The summed E-state index contributed by atoms with van der Waals surface area (Å²) in [5, 5.41) is 10.2. The molecular formula is C17H22N4O. The fourth-order valence-electron chi connectivity index (χ4n) is 2.78. The Morgan fingerprint density at radius 2 is 2.00 bits per heavy atom. The van der Waals surface area contributed by atoms with Crippen molar-refractivity contribution in [2.24, 2.45) is 0 Å². The first-order valence-corrected chi connectivity index (χ1v) is 7.74. The van der Waals surface area contributed by atoms with Crippen molar-refractivity contribution in [3.63, 3.8) is 0 Å². The molecule has 2 heterocycles. The van der Waals surface area contributed by atoms with E-state index in [1.165, 1.54) is 5.56 Å². The van der Waals surface area contributed by atoms with Crippen LogP contribution in [0.15, 0.2) is 29.1 Å². The van der Waals surface area contributed by atoms with E-state index in [2.05, 4.69) is 58.8 Å². The highest BCUT2D eigenvalue weighted by atomic mass is 16.1. The maximum absolute atomic E-state index is 11.9. The van der Waals surface area contributed by atoms with E-state index in [1.807, 2.05) is 0 Å². The predicted octanol–water partition coefficient (Wildman–Crippen LogP) is 1.90. The largest absolute Gasteiger partial charge is 0.383 e. The molecule has 0 saturated heterocycles. The van der Waals surface area contributed by atoms with Gasteiger partial charge in [0.05, 0.1) is 5.69 Å². The smallest absolute Gasteiger partial charge is 0.269 e. The van der Waals surface area contributed by atoms with Crippen LogP contribution in [0.5, 0.6) is 0 Å². The van der Waals surface area contributed by atoms with Crippen molar-refractivity contribution in [2.45, 2.75) is 19.3 Å². The zero-order chi connectivity index (χ0) is 15.5. The van der Waals surface area contributed by atoms with Crippen LogP contribution in [0.4, 0.5) is 5.69 Å². The first-order chi connectivity index (χ1) is 10.6. The van der Waals surface area contributed by atoms with Gasteiger partial charge in [-0.2, -0.15) is 5.10 Å². The van der Waals surface area contributed by atoms with Crippen molar-refractivity contribution in [1.82, 2.24) is 15.1 Å². The minimum atomic E-state index is -0.0754. The predicted molar refractivity (Wildman–Crippen MR) is 89.4 cm³/mol. The summed E-state index contributed by atoms with van der Waals surface area (Å²) in [4.78, 5) is 14.1. The molecule has 0 saturated carbocycles. The van der Waals surface area contributed by atoms with Gasteiger partial charge in [-0.15, -0.1) is 0 Å². The summed E-state index contributed by atoms with van der Waals surface area (Å²) in [5.41, 5.74) is 4.84. The number of nitrogens with zero attached hydrogens (tertiary/aromatic N) is 2. The second-order valence-electron chi connectivity index (χ2n) is 6.04. The summed E-state index contributed by atoms with van der Waals surface area (Å²) in [5.74, 6) is 0. The fourth-order valence-corrected chi connectivity index (χ4v) is 2.78. The topological polar surface area (TPSA) is 61.0 Å². The fraction of sp³-hybridized carbons (Fsp3) is 0.412. The molecule has 5 heteroatoms. The Bertz CT molecular complexity index is 704. The highest BCUT2D eigenvalue weighted by molar-refractivity contribution is 5.76. The lowest BCUT2D eigenvalue weighted by molar-refractivity contribution is 0.413. The van der Waals surface area contributed by atoms with Gasteiger partial charge in [0.15, 0.2) is 0 Å². The van der Waals surface area contributed by atoms with E-state index in [0.717, 1.165) is 54.9 Å². The van der Waals surface area contributed by atoms with E-state index >= 15 is 0 Å². The zero-order valence-electron chi connectivity index (χ0n) is 13.1. The minimum absolute atomic E-state index is 0.0754. The van der Waals surface area contributed by atoms with Crippen LogP contribution in [0.25, 0.3) is 11.3 Å². The highest BCUT2D eigenvalue weighted by Gasteiger charge is 2.18. The van der Waals surface area contributed by atoms with E-state index in [0.29, 0.717) is 0 Å². The van der Waals surface area contributed by atoms with Crippen LogP contribution >= 0.6 is 0 Å². The van der Waals surface area contributed by atoms with Crippen LogP contribution in [0.2, 0.25) is 0 Å². The van der Waals surface area contributed by atoms with Gasteiger partial charge >= 0.3 is 0 Å². The number of nitrogens with one attached hydrogen (secondary N) is 2. The van der Waals surface area contributed by atoms with Gasteiger partial charge in [-0.25, -0.2) is 5.10 Å². The monoisotopic (exact) mass is 298 g/mol. The van der Waals surface area contributed by atoms with Crippen LogP contribution in [0, 0.1) is 0 Å². The quantitative estimate of drug-likeness (QED) is 0.905. The third-order valence-corrected chi connectivity index (χ3v) is 4.06. The number of aromatic amines is 1. The molecule has 1 aliphatic rings. The lowest BCUT2D eigenvalue weighted by Gasteiger charge is -2.19. The molecule has 1 aromatic heterocycles. The molecule has 0 amide bonds. The van der Waals surface area contributed by atoms with E-state index in [-0.39, 0.29) is 5.56 Å². The molecule has 0 fully saturated rings. The molecule has 5 nitrogen and oxygen atoms in total. The Kier molecular flexibility index (Phi) is 4.24. The van der Waals surface area contributed by atoms with Crippen molar-refractivity contribution in [2.75, 3.05) is 32.5 Å². The van der Waals surface area contributed by atoms with Crippen molar-refractivity contribution < 1.29 is 0 Å². The average Bonchev–Trinajstić information content (AvgIpc) is 2.54. The van der Waals surface area contributed by atoms with Crippen molar-refractivity contribution >= 4 is 5.69 Å². The molecule has 1 aromatic carbocycles. The normalized spacial score (nSPS) is 13.8. The third-order valence-electron chi connectivity index (χ3n) is 4.06. The summed E-state index contributed by atoms with van der Waals surface area (Å²) in [7, 11) is 4.16. The number of fused-ring (bicyclic) bond motifs is 1. The van der Waals surface area contributed by atoms with Gasteiger partial charge in [0.1, 0.15) is 5.69 Å². The number of H-pyrrole nitrogens is 1. The first kappa shape index (κ1) is 14.8. The number of likely N-dealkylation sites (N-methyl/N-ethyl adjacent to an activating group) is 1. The molecule has 0 aliphatic carbocycles. The number of hydrogen-bond acceptors (Lipinski definition) is 4. The van der Waals surface area contributed by atoms with Gasteiger partial charge < -0.3 is 10.2 Å². The van der Waals surface area contributed by atoms with Crippen molar-refractivity contribution in [1.29, 1.82) is 0 Å². The Hall–Kier alpha value is -2.14. The van der Waals surface area contributed by atoms with Gasteiger partial charge in [0, 0.05) is 24.2 Å². The van der Waals surface area contributed by atoms with E-state index < -0.39 is 0 Å². The standard InChI is InChI=1S/C17H22N4O/c1-21(2)11-9-12-5-7-13(8-6-12)15-16-14(4-3-10-18-16)17(22)20-19-15/h5-8,18H,3-4,9-11H2,1-2H3,(H,20,22). The Balaban J connectivity index is 1.90. The Morgan fingerprint density at radius 3 is 2.73 bits per heavy atom. The summed E-state index contributed by atoms with van der Waals surface area (Å²) < 4.78 is 0. The van der Waals surface area contributed by atoms with Gasteiger partial charge in [-0.1, -0.05) is 24.3 Å². The summed E-state index contributed by atoms with van der Waals surface area (Å²) in [6.45, 7) is 1.93. The van der Waals surface area contributed by atoms with E-state index in [9.17, 15) is 4.79 Å². The number of benzene rings is 1. The Labute approximate surface area is 130 Å². The lowest BCUT2D eigenvalue weighted by atomic mass is 10.00. The maximum atomic E-state index is 11.9. The Morgan fingerprint density at radius 1 is 1.23 bits per heavy atom. The molecule has 0 atom stereocenters. The highest BCUT2D eigenvalue weighted by Crippen LogP contribution is 2.29. The number of aromatic nitrogens is 2. The number of anilines is 1. The average molecular weight is 298 g/mol. The van der Waals surface area contributed by atoms with Gasteiger partial charge in [0.25, 0.3) is 5.56 Å². The minimum Gasteiger partial charge on any atom is -0.383 e. The molecule has 0 radical (unpaired) electrons. The second kappa shape index (κ2) is 6.32. The molecule has 0 spiro atoms. The number of hydrogen-bond donors (Lipinski definition) is 2.